The molecule has 0 bridgehead atoms. The van der Waals surface area contributed by atoms with E-state index in [9.17, 15) is 14.3 Å². The number of nitrogens with zero attached hydrogens (tertiary/aromatic N) is 1. The predicted octanol–water partition coefficient (Wildman–Crippen LogP) is 2.78. The topological polar surface area (TPSA) is 49.8 Å². The molecule has 0 radical (unpaired) electrons. The first-order valence-corrected chi connectivity index (χ1v) is 6.74. The second kappa shape index (κ2) is 7.24. The average Bonchev–Trinajstić information content (AvgIpc) is 2.40. The van der Waals surface area contributed by atoms with Crippen molar-refractivity contribution in [1.29, 1.82) is 0 Å². The number of halogens is 1. The van der Waals surface area contributed by atoms with E-state index < -0.39 is 11.5 Å². The first kappa shape index (κ1) is 16.4. The van der Waals surface area contributed by atoms with Gasteiger partial charge in [-0.1, -0.05) is 6.92 Å². The minimum Gasteiger partial charge on any atom is -0.494 e. The highest BCUT2D eigenvalue weighted by Gasteiger charge is 2.32. The molecular formula is C15H22FNO3. The van der Waals surface area contributed by atoms with Gasteiger partial charge in [-0.3, -0.25) is 9.69 Å². The van der Waals surface area contributed by atoms with Crippen LogP contribution < -0.4 is 4.74 Å². The minimum atomic E-state index is -0.884. The van der Waals surface area contributed by atoms with Crippen molar-refractivity contribution in [3.8, 4) is 5.75 Å². The third kappa shape index (κ3) is 4.49. The Hall–Kier alpha value is -1.62. The molecule has 0 saturated carbocycles. The molecule has 5 heteroatoms. The molecule has 0 aromatic heterocycles. The standard InChI is InChI=1S/C15H22FNO3/c1-4-17(15(2,3)14(18)19)10-5-11-20-13-8-6-12(16)7-9-13/h6-9H,4-5,10-11H2,1-3H3,(H,18,19). The lowest BCUT2D eigenvalue weighted by molar-refractivity contribution is -0.149. The largest absolute Gasteiger partial charge is 0.494 e. The van der Waals surface area contributed by atoms with Crippen LogP contribution in [0, 0.1) is 5.82 Å². The van der Waals surface area contributed by atoms with Crippen LogP contribution in [0.1, 0.15) is 27.2 Å². The molecule has 20 heavy (non-hydrogen) atoms. The Kier molecular flexibility index (Phi) is 5.95. The zero-order valence-electron chi connectivity index (χ0n) is 12.2. The van der Waals surface area contributed by atoms with E-state index in [1.165, 1.54) is 12.1 Å². The van der Waals surface area contributed by atoms with Crippen molar-refractivity contribution in [3.63, 3.8) is 0 Å². The maximum absolute atomic E-state index is 12.7. The summed E-state index contributed by atoms with van der Waals surface area (Å²) in [6, 6.07) is 5.85. The summed E-state index contributed by atoms with van der Waals surface area (Å²) in [4.78, 5) is 13.1. The minimum absolute atomic E-state index is 0.294. The van der Waals surface area contributed by atoms with Crippen LogP contribution in [0.4, 0.5) is 4.39 Å². The Labute approximate surface area is 119 Å². The smallest absolute Gasteiger partial charge is 0.323 e. The Morgan fingerprint density at radius 3 is 2.45 bits per heavy atom. The third-order valence-corrected chi connectivity index (χ3v) is 3.35. The summed E-state index contributed by atoms with van der Waals surface area (Å²) in [5.74, 6) is -0.511. The first-order valence-electron chi connectivity index (χ1n) is 6.74. The molecule has 0 heterocycles. The molecule has 1 aromatic carbocycles. The molecule has 0 aliphatic heterocycles. The molecule has 1 N–H and O–H groups in total. The molecule has 0 aliphatic rings. The Balaban J connectivity index is 2.39. The van der Waals surface area contributed by atoms with Crippen LogP contribution in [0.2, 0.25) is 0 Å². The van der Waals surface area contributed by atoms with E-state index in [1.807, 2.05) is 11.8 Å². The highest BCUT2D eigenvalue weighted by molar-refractivity contribution is 5.77. The molecule has 0 amide bonds. The van der Waals surface area contributed by atoms with Crippen LogP contribution in [-0.2, 0) is 4.79 Å². The van der Waals surface area contributed by atoms with Crippen LogP contribution in [0.25, 0.3) is 0 Å². The van der Waals surface area contributed by atoms with E-state index in [1.54, 1.807) is 26.0 Å². The first-order chi connectivity index (χ1) is 9.37. The Bertz CT molecular complexity index is 431. The summed E-state index contributed by atoms with van der Waals surface area (Å²) in [6.07, 6.45) is 0.710. The summed E-state index contributed by atoms with van der Waals surface area (Å²) in [7, 11) is 0. The van der Waals surface area contributed by atoms with Gasteiger partial charge >= 0.3 is 5.97 Å². The fraction of sp³-hybridized carbons (Fsp3) is 0.533. The van der Waals surface area contributed by atoms with Crippen molar-refractivity contribution in [3.05, 3.63) is 30.1 Å². The van der Waals surface area contributed by atoms with Gasteiger partial charge in [0.2, 0.25) is 0 Å². The summed E-state index contributed by atoms with van der Waals surface area (Å²) < 4.78 is 18.2. The maximum atomic E-state index is 12.7. The zero-order chi connectivity index (χ0) is 15.2. The van der Waals surface area contributed by atoms with Crippen LogP contribution in [0.3, 0.4) is 0 Å². The number of benzene rings is 1. The fourth-order valence-electron chi connectivity index (χ4n) is 1.94. The van der Waals surface area contributed by atoms with Crippen LogP contribution >= 0.6 is 0 Å². The monoisotopic (exact) mass is 283 g/mol. The number of carboxylic acid groups (broad SMARTS) is 1. The molecule has 1 rings (SSSR count). The van der Waals surface area contributed by atoms with Gasteiger partial charge in [-0.25, -0.2) is 4.39 Å². The lowest BCUT2D eigenvalue weighted by Gasteiger charge is -2.34. The summed E-state index contributed by atoms with van der Waals surface area (Å²) in [5, 5.41) is 9.19. The van der Waals surface area contributed by atoms with Gasteiger partial charge in [-0.2, -0.15) is 0 Å². The van der Waals surface area contributed by atoms with Crippen molar-refractivity contribution in [2.75, 3.05) is 19.7 Å². The fourth-order valence-corrected chi connectivity index (χ4v) is 1.94. The second-order valence-corrected chi connectivity index (χ2v) is 5.10. The van der Waals surface area contributed by atoms with Gasteiger partial charge in [0.25, 0.3) is 0 Å². The highest BCUT2D eigenvalue weighted by Crippen LogP contribution is 2.15. The van der Waals surface area contributed by atoms with Crippen molar-refractivity contribution < 1.29 is 19.0 Å². The highest BCUT2D eigenvalue weighted by atomic mass is 19.1. The maximum Gasteiger partial charge on any atom is 0.323 e. The van der Waals surface area contributed by atoms with Crippen molar-refractivity contribution >= 4 is 5.97 Å². The van der Waals surface area contributed by atoms with Crippen LogP contribution in [-0.4, -0.2) is 41.2 Å². The molecule has 112 valence electrons. The van der Waals surface area contributed by atoms with E-state index in [0.717, 1.165) is 0 Å². The molecule has 0 atom stereocenters. The Morgan fingerprint density at radius 2 is 1.95 bits per heavy atom. The van der Waals surface area contributed by atoms with Gasteiger partial charge in [-0.15, -0.1) is 0 Å². The van der Waals surface area contributed by atoms with Crippen molar-refractivity contribution in [2.45, 2.75) is 32.7 Å². The molecule has 0 unspecified atom stereocenters. The Morgan fingerprint density at radius 1 is 1.35 bits per heavy atom. The van der Waals surface area contributed by atoms with E-state index in [2.05, 4.69) is 0 Å². The second-order valence-electron chi connectivity index (χ2n) is 5.10. The SMILES string of the molecule is CCN(CCCOc1ccc(F)cc1)C(C)(C)C(=O)O. The molecule has 0 saturated heterocycles. The summed E-state index contributed by atoms with van der Waals surface area (Å²) >= 11 is 0. The number of aliphatic carboxylic acids is 1. The molecule has 4 nitrogen and oxygen atoms in total. The lowest BCUT2D eigenvalue weighted by Crippen LogP contribution is -2.50. The molecule has 0 fully saturated rings. The number of likely N-dealkylation sites (N-methyl/N-ethyl adjacent to an activating group) is 1. The number of carbonyl (C=O) groups is 1. The van der Waals surface area contributed by atoms with Gasteiger partial charge < -0.3 is 9.84 Å². The number of hydrogen-bond donors (Lipinski definition) is 1. The lowest BCUT2D eigenvalue weighted by atomic mass is 10.0. The number of ether oxygens (including phenoxy) is 1. The molecule has 0 aliphatic carbocycles. The zero-order valence-corrected chi connectivity index (χ0v) is 12.2. The average molecular weight is 283 g/mol. The number of carboxylic acids is 1. The van der Waals surface area contributed by atoms with Gasteiger partial charge in [0.05, 0.1) is 6.61 Å². The van der Waals surface area contributed by atoms with Gasteiger partial charge in [0.15, 0.2) is 0 Å². The normalized spacial score (nSPS) is 11.7. The number of rotatable bonds is 8. The molecular weight excluding hydrogens is 261 g/mol. The van der Waals surface area contributed by atoms with E-state index in [-0.39, 0.29) is 5.82 Å². The van der Waals surface area contributed by atoms with Crippen molar-refractivity contribution in [2.24, 2.45) is 0 Å². The van der Waals surface area contributed by atoms with Gasteiger partial charge in [0.1, 0.15) is 17.1 Å². The third-order valence-electron chi connectivity index (χ3n) is 3.35. The predicted molar refractivity (Wildman–Crippen MR) is 75.5 cm³/mol. The van der Waals surface area contributed by atoms with Crippen molar-refractivity contribution in [1.82, 2.24) is 4.90 Å². The quantitative estimate of drug-likeness (QED) is 0.745. The van der Waals surface area contributed by atoms with E-state index in [0.29, 0.717) is 31.9 Å². The summed E-state index contributed by atoms with van der Waals surface area (Å²) in [6.45, 7) is 7.09. The van der Waals surface area contributed by atoms with Gasteiger partial charge in [-0.05, 0) is 51.1 Å². The summed E-state index contributed by atoms with van der Waals surface area (Å²) in [5.41, 5.74) is -0.884. The van der Waals surface area contributed by atoms with E-state index >= 15 is 0 Å². The number of hydrogen-bond acceptors (Lipinski definition) is 3. The molecule has 1 aromatic rings. The molecule has 0 spiro atoms. The van der Waals surface area contributed by atoms with Crippen LogP contribution in [0.5, 0.6) is 5.75 Å². The van der Waals surface area contributed by atoms with Gasteiger partial charge in [0, 0.05) is 6.54 Å². The van der Waals surface area contributed by atoms with Crippen LogP contribution in [0.15, 0.2) is 24.3 Å². The van der Waals surface area contributed by atoms with E-state index in [4.69, 9.17) is 4.74 Å².